The topological polar surface area (TPSA) is 67.9 Å². The lowest BCUT2D eigenvalue weighted by Gasteiger charge is -2.26. The summed E-state index contributed by atoms with van der Waals surface area (Å²) in [7, 11) is 3.07. The van der Waals surface area contributed by atoms with Gasteiger partial charge in [0.2, 0.25) is 5.91 Å². The Bertz CT molecular complexity index is 872. The van der Waals surface area contributed by atoms with Gasteiger partial charge in [0, 0.05) is 23.9 Å². The van der Waals surface area contributed by atoms with E-state index in [0.717, 1.165) is 17.7 Å². The van der Waals surface area contributed by atoms with Crippen molar-refractivity contribution in [2.45, 2.75) is 32.7 Å². The molecule has 0 unspecified atom stereocenters. The van der Waals surface area contributed by atoms with Crippen LogP contribution in [0.15, 0.2) is 42.5 Å². The van der Waals surface area contributed by atoms with E-state index in [1.165, 1.54) is 14.2 Å². The van der Waals surface area contributed by atoms with E-state index in [-0.39, 0.29) is 17.7 Å². The molecule has 1 heterocycles. The third kappa shape index (κ3) is 4.70. The first-order chi connectivity index (χ1) is 13.9. The van der Waals surface area contributed by atoms with Gasteiger partial charge < -0.3 is 19.7 Å². The van der Waals surface area contributed by atoms with Gasteiger partial charge in [0.05, 0.1) is 14.2 Å². The highest BCUT2D eigenvalue weighted by Crippen LogP contribution is 2.29. The number of carbonyl (C=O) groups is 2. The van der Waals surface area contributed by atoms with E-state index in [1.54, 1.807) is 23.1 Å². The van der Waals surface area contributed by atoms with Crippen molar-refractivity contribution < 1.29 is 19.1 Å². The predicted octanol–water partition coefficient (Wildman–Crippen LogP) is 3.44. The number of amides is 2. The Morgan fingerprint density at radius 2 is 1.72 bits per heavy atom. The number of rotatable bonds is 7. The molecule has 0 aromatic heterocycles. The molecule has 6 heteroatoms. The number of anilines is 1. The van der Waals surface area contributed by atoms with Gasteiger partial charge in [-0.25, -0.2) is 0 Å². The zero-order valence-corrected chi connectivity index (χ0v) is 17.4. The van der Waals surface area contributed by atoms with Crippen LogP contribution < -0.4 is 19.7 Å². The number of para-hydroxylation sites is 1. The van der Waals surface area contributed by atoms with Gasteiger partial charge >= 0.3 is 0 Å². The van der Waals surface area contributed by atoms with Gasteiger partial charge in [-0.3, -0.25) is 9.59 Å². The summed E-state index contributed by atoms with van der Waals surface area (Å²) in [6, 6.07) is 12.3. The second-order valence-corrected chi connectivity index (χ2v) is 7.63. The number of hydrogen-bond donors (Lipinski definition) is 1. The molecular weight excluding hydrogens is 368 g/mol. The lowest BCUT2D eigenvalue weighted by atomic mass is 10.0. The molecule has 0 aliphatic carbocycles. The van der Waals surface area contributed by atoms with Gasteiger partial charge in [0.25, 0.3) is 5.91 Å². The largest absolute Gasteiger partial charge is 0.497 e. The second-order valence-electron chi connectivity index (χ2n) is 7.63. The standard InChI is InChI=1S/C23H28N2O4/c1-15(2)11-20(23(27)25-10-9-16-7-5-6-8-21(16)25)24-22(26)17-12-18(28-3)14-19(13-17)29-4/h5-8,12-15,20H,9-11H2,1-4H3,(H,24,26)/t20-/m0/s1. The molecule has 6 nitrogen and oxygen atoms in total. The fourth-order valence-electron chi connectivity index (χ4n) is 3.63. The Labute approximate surface area is 171 Å². The molecule has 0 saturated carbocycles. The predicted molar refractivity (Wildman–Crippen MR) is 113 cm³/mol. The highest BCUT2D eigenvalue weighted by Gasteiger charge is 2.31. The Balaban J connectivity index is 1.83. The van der Waals surface area contributed by atoms with E-state index >= 15 is 0 Å². The average molecular weight is 396 g/mol. The fourth-order valence-corrected chi connectivity index (χ4v) is 3.63. The van der Waals surface area contributed by atoms with Gasteiger partial charge in [-0.2, -0.15) is 0 Å². The summed E-state index contributed by atoms with van der Waals surface area (Å²) in [6.07, 6.45) is 1.39. The van der Waals surface area contributed by atoms with E-state index in [2.05, 4.69) is 5.32 Å². The van der Waals surface area contributed by atoms with Crippen LogP contribution in [0.4, 0.5) is 5.69 Å². The molecule has 154 valence electrons. The van der Waals surface area contributed by atoms with Gasteiger partial charge in [-0.1, -0.05) is 32.0 Å². The minimum atomic E-state index is -0.606. The van der Waals surface area contributed by atoms with Crippen molar-refractivity contribution in [1.29, 1.82) is 0 Å². The normalized spacial score (nSPS) is 13.8. The smallest absolute Gasteiger partial charge is 0.252 e. The molecule has 0 spiro atoms. The second kappa shape index (κ2) is 8.99. The number of ether oxygens (including phenoxy) is 2. The molecular formula is C23H28N2O4. The summed E-state index contributed by atoms with van der Waals surface area (Å²) >= 11 is 0. The van der Waals surface area contributed by atoms with E-state index in [1.807, 2.05) is 38.1 Å². The SMILES string of the molecule is COc1cc(OC)cc(C(=O)N[C@@H](CC(C)C)C(=O)N2CCc3ccccc32)c1. The van der Waals surface area contributed by atoms with Gasteiger partial charge in [0.15, 0.2) is 0 Å². The van der Waals surface area contributed by atoms with Crippen LogP contribution in [0.2, 0.25) is 0 Å². The number of fused-ring (bicyclic) bond motifs is 1. The zero-order valence-electron chi connectivity index (χ0n) is 17.4. The van der Waals surface area contributed by atoms with E-state index in [4.69, 9.17) is 9.47 Å². The third-order valence-electron chi connectivity index (χ3n) is 5.08. The summed E-state index contributed by atoms with van der Waals surface area (Å²) in [6.45, 7) is 4.72. The summed E-state index contributed by atoms with van der Waals surface area (Å²) in [5.41, 5.74) is 2.49. The Hall–Kier alpha value is -3.02. The van der Waals surface area contributed by atoms with E-state index in [9.17, 15) is 9.59 Å². The lowest BCUT2D eigenvalue weighted by molar-refractivity contribution is -0.120. The number of hydrogen-bond acceptors (Lipinski definition) is 4. The molecule has 1 atom stereocenters. The molecule has 29 heavy (non-hydrogen) atoms. The molecule has 2 aromatic rings. The maximum absolute atomic E-state index is 13.3. The van der Waals surface area contributed by atoms with Crippen molar-refractivity contribution in [3.63, 3.8) is 0 Å². The highest BCUT2D eigenvalue weighted by molar-refractivity contribution is 6.03. The molecule has 2 aromatic carbocycles. The minimum absolute atomic E-state index is 0.0770. The van der Waals surface area contributed by atoms with Crippen molar-refractivity contribution in [3.05, 3.63) is 53.6 Å². The summed E-state index contributed by atoms with van der Waals surface area (Å²) in [4.78, 5) is 28.0. The van der Waals surface area contributed by atoms with Crippen LogP contribution >= 0.6 is 0 Å². The van der Waals surface area contributed by atoms with Crippen molar-refractivity contribution in [2.75, 3.05) is 25.7 Å². The van der Waals surface area contributed by atoms with Gasteiger partial charge in [-0.05, 0) is 42.5 Å². The molecule has 1 aliphatic heterocycles. The fraction of sp³-hybridized carbons (Fsp3) is 0.391. The van der Waals surface area contributed by atoms with Crippen molar-refractivity contribution in [2.24, 2.45) is 5.92 Å². The zero-order chi connectivity index (χ0) is 21.0. The van der Waals surface area contributed by atoms with Crippen molar-refractivity contribution in [3.8, 4) is 11.5 Å². The van der Waals surface area contributed by atoms with E-state index < -0.39 is 6.04 Å². The van der Waals surface area contributed by atoms with Crippen LogP contribution in [-0.4, -0.2) is 38.6 Å². The summed E-state index contributed by atoms with van der Waals surface area (Å²) in [5.74, 6) is 0.895. The maximum Gasteiger partial charge on any atom is 0.252 e. The molecule has 0 fully saturated rings. The molecule has 0 radical (unpaired) electrons. The number of nitrogens with one attached hydrogen (secondary N) is 1. The van der Waals surface area contributed by atoms with Crippen LogP contribution in [0, 0.1) is 5.92 Å². The molecule has 1 aliphatic rings. The first-order valence-corrected chi connectivity index (χ1v) is 9.86. The van der Waals surface area contributed by atoms with Crippen LogP contribution in [0.5, 0.6) is 11.5 Å². The number of carbonyl (C=O) groups excluding carboxylic acids is 2. The monoisotopic (exact) mass is 396 g/mol. The lowest BCUT2D eigenvalue weighted by Crippen LogP contribution is -2.49. The first kappa shape index (κ1) is 20.7. The quantitative estimate of drug-likeness (QED) is 0.779. The van der Waals surface area contributed by atoms with Gasteiger partial charge in [-0.15, -0.1) is 0 Å². The Kier molecular flexibility index (Phi) is 6.42. The van der Waals surface area contributed by atoms with Crippen molar-refractivity contribution in [1.82, 2.24) is 5.32 Å². The Morgan fingerprint density at radius 3 is 2.34 bits per heavy atom. The van der Waals surface area contributed by atoms with Gasteiger partial charge in [0.1, 0.15) is 17.5 Å². The minimum Gasteiger partial charge on any atom is -0.497 e. The summed E-state index contributed by atoms with van der Waals surface area (Å²) < 4.78 is 10.5. The molecule has 2 amide bonds. The molecule has 0 saturated heterocycles. The Morgan fingerprint density at radius 1 is 1.07 bits per heavy atom. The highest BCUT2D eigenvalue weighted by atomic mass is 16.5. The van der Waals surface area contributed by atoms with Crippen LogP contribution in [0.25, 0.3) is 0 Å². The van der Waals surface area contributed by atoms with Crippen molar-refractivity contribution >= 4 is 17.5 Å². The van der Waals surface area contributed by atoms with E-state index in [0.29, 0.717) is 30.0 Å². The number of benzene rings is 2. The first-order valence-electron chi connectivity index (χ1n) is 9.86. The van der Waals surface area contributed by atoms with Crippen LogP contribution in [-0.2, 0) is 11.2 Å². The molecule has 1 N–H and O–H groups in total. The van der Waals surface area contributed by atoms with Crippen LogP contribution in [0.3, 0.4) is 0 Å². The maximum atomic E-state index is 13.3. The number of nitrogens with zero attached hydrogens (tertiary/aromatic N) is 1. The third-order valence-corrected chi connectivity index (χ3v) is 5.08. The average Bonchev–Trinajstić information content (AvgIpc) is 3.16. The number of methoxy groups -OCH3 is 2. The molecule has 0 bridgehead atoms. The van der Waals surface area contributed by atoms with Crippen LogP contribution in [0.1, 0.15) is 36.2 Å². The summed E-state index contributed by atoms with van der Waals surface area (Å²) in [5, 5.41) is 2.93. The molecule has 3 rings (SSSR count).